The van der Waals surface area contributed by atoms with Gasteiger partial charge >= 0.3 is 0 Å². The van der Waals surface area contributed by atoms with E-state index in [4.69, 9.17) is 16.7 Å². The van der Waals surface area contributed by atoms with Crippen LogP contribution in [0.1, 0.15) is 10.4 Å². The van der Waals surface area contributed by atoms with Crippen LogP contribution in [0.2, 0.25) is 5.02 Å². The summed E-state index contributed by atoms with van der Waals surface area (Å²) in [6.45, 7) is -0.513. The standard InChI is InChI=1S/C10H9BrClF2NO2/c11-6-1-5(2-7(12)3-6)10(17)15-4-8(16)9(13)14/h1-3,8-9,16H,4H2,(H,15,17). The average molecular weight is 329 g/mol. The van der Waals surface area contributed by atoms with Gasteiger partial charge < -0.3 is 10.4 Å². The largest absolute Gasteiger partial charge is 0.385 e. The number of aliphatic hydroxyl groups excluding tert-OH is 1. The van der Waals surface area contributed by atoms with E-state index in [1.807, 2.05) is 0 Å². The van der Waals surface area contributed by atoms with Gasteiger partial charge in [0.05, 0.1) is 0 Å². The van der Waals surface area contributed by atoms with E-state index >= 15 is 0 Å². The molecule has 0 aromatic heterocycles. The number of benzene rings is 1. The highest BCUT2D eigenvalue weighted by Gasteiger charge is 2.18. The quantitative estimate of drug-likeness (QED) is 0.892. The van der Waals surface area contributed by atoms with Crippen LogP contribution < -0.4 is 5.32 Å². The summed E-state index contributed by atoms with van der Waals surface area (Å²) in [5.41, 5.74) is 0.228. The first-order valence-corrected chi connectivity index (χ1v) is 5.77. The third-order valence-corrected chi connectivity index (χ3v) is 2.56. The number of hydrogen-bond donors (Lipinski definition) is 2. The van der Waals surface area contributed by atoms with Gasteiger partial charge in [0.15, 0.2) is 0 Å². The zero-order chi connectivity index (χ0) is 13.0. The van der Waals surface area contributed by atoms with Crippen molar-refractivity contribution in [3.05, 3.63) is 33.3 Å². The highest BCUT2D eigenvalue weighted by Crippen LogP contribution is 2.19. The number of carbonyl (C=O) groups excluding carboxylic acids is 1. The summed E-state index contributed by atoms with van der Waals surface area (Å²) >= 11 is 8.88. The number of halogens is 4. The molecule has 1 rings (SSSR count). The van der Waals surface area contributed by atoms with Gasteiger partial charge in [0.2, 0.25) is 0 Å². The van der Waals surface area contributed by atoms with E-state index < -0.39 is 25.0 Å². The van der Waals surface area contributed by atoms with Crippen molar-refractivity contribution < 1.29 is 18.7 Å². The maximum absolute atomic E-state index is 12.0. The Kier molecular flexibility index (Phi) is 5.30. The minimum absolute atomic E-state index is 0.228. The molecule has 0 saturated heterocycles. The van der Waals surface area contributed by atoms with Crippen LogP contribution in [0, 0.1) is 0 Å². The van der Waals surface area contributed by atoms with Crippen LogP contribution in [-0.4, -0.2) is 30.1 Å². The molecule has 1 amide bonds. The minimum Gasteiger partial charge on any atom is -0.385 e. The fourth-order valence-electron chi connectivity index (χ4n) is 1.07. The topological polar surface area (TPSA) is 49.3 Å². The number of hydrogen-bond acceptors (Lipinski definition) is 2. The zero-order valence-electron chi connectivity index (χ0n) is 8.46. The molecule has 0 heterocycles. The summed E-state index contributed by atoms with van der Waals surface area (Å²) in [5.74, 6) is -0.576. The van der Waals surface area contributed by atoms with Crippen LogP contribution >= 0.6 is 27.5 Å². The van der Waals surface area contributed by atoms with Gasteiger partial charge in [0.1, 0.15) is 6.10 Å². The molecule has 1 aromatic carbocycles. The highest BCUT2D eigenvalue weighted by atomic mass is 79.9. The van der Waals surface area contributed by atoms with Crippen molar-refractivity contribution in [1.29, 1.82) is 0 Å². The molecule has 0 aliphatic rings. The SMILES string of the molecule is O=C(NCC(O)C(F)F)c1cc(Cl)cc(Br)c1. The van der Waals surface area contributed by atoms with E-state index in [-0.39, 0.29) is 5.56 Å². The Morgan fingerprint density at radius 1 is 1.47 bits per heavy atom. The number of rotatable bonds is 4. The predicted molar refractivity (Wildman–Crippen MR) is 63.5 cm³/mol. The molecule has 7 heteroatoms. The second-order valence-electron chi connectivity index (χ2n) is 3.27. The third kappa shape index (κ3) is 4.57. The molecule has 0 radical (unpaired) electrons. The molecule has 17 heavy (non-hydrogen) atoms. The van der Waals surface area contributed by atoms with Crippen LogP contribution in [-0.2, 0) is 0 Å². The van der Waals surface area contributed by atoms with Crippen molar-refractivity contribution in [1.82, 2.24) is 5.32 Å². The van der Waals surface area contributed by atoms with E-state index in [0.717, 1.165) is 0 Å². The molecule has 0 spiro atoms. The monoisotopic (exact) mass is 327 g/mol. The average Bonchev–Trinajstić information content (AvgIpc) is 2.23. The normalized spacial score (nSPS) is 12.6. The van der Waals surface area contributed by atoms with E-state index in [9.17, 15) is 13.6 Å². The van der Waals surface area contributed by atoms with Gasteiger partial charge in [0.25, 0.3) is 12.3 Å². The number of alkyl halides is 2. The van der Waals surface area contributed by atoms with Gasteiger partial charge in [0, 0.05) is 21.6 Å². The maximum atomic E-state index is 12.0. The van der Waals surface area contributed by atoms with Crippen LogP contribution in [0.4, 0.5) is 8.78 Å². The molecule has 0 aliphatic carbocycles. The van der Waals surface area contributed by atoms with Crippen molar-refractivity contribution in [2.24, 2.45) is 0 Å². The second-order valence-corrected chi connectivity index (χ2v) is 4.62. The summed E-state index contributed by atoms with van der Waals surface area (Å²) in [4.78, 5) is 11.5. The Morgan fingerprint density at radius 3 is 2.65 bits per heavy atom. The Balaban J connectivity index is 2.64. The zero-order valence-corrected chi connectivity index (χ0v) is 10.8. The van der Waals surface area contributed by atoms with Gasteiger partial charge in [-0.1, -0.05) is 27.5 Å². The molecule has 0 bridgehead atoms. The van der Waals surface area contributed by atoms with Crippen molar-refractivity contribution in [2.75, 3.05) is 6.54 Å². The molecule has 94 valence electrons. The van der Waals surface area contributed by atoms with Crippen molar-refractivity contribution in [3.8, 4) is 0 Å². The number of aliphatic hydroxyl groups is 1. The summed E-state index contributed by atoms with van der Waals surface area (Å²) in [6.07, 6.45) is -4.76. The van der Waals surface area contributed by atoms with Crippen LogP contribution in [0.25, 0.3) is 0 Å². The molecule has 0 fully saturated rings. The number of carbonyl (C=O) groups is 1. The number of nitrogens with one attached hydrogen (secondary N) is 1. The Morgan fingerprint density at radius 2 is 2.12 bits per heavy atom. The van der Waals surface area contributed by atoms with Gasteiger partial charge in [-0.05, 0) is 18.2 Å². The van der Waals surface area contributed by atoms with E-state index in [0.29, 0.717) is 9.50 Å². The Bertz CT molecular complexity index is 397. The van der Waals surface area contributed by atoms with Crippen LogP contribution in [0.3, 0.4) is 0 Å². The van der Waals surface area contributed by atoms with Gasteiger partial charge in [-0.25, -0.2) is 8.78 Å². The van der Waals surface area contributed by atoms with Gasteiger partial charge in [-0.3, -0.25) is 4.79 Å². The van der Waals surface area contributed by atoms with E-state index in [1.165, 1.54) is 12.1 Å². The fraction of sp³-hybridized carbons (Fsp3) is 0.300. The molecule has 1 aromatic rings. The summed E-state index contributed by atoms with van der Waals surface area (Å²) in [7, 11) is 0. The Hall–Kier alpha value is -0.720. The Labute approximate surface area is 110 Å². The molecule has 3 nitrogen and oxygen atoms in total. The first-order valence-electron chi connectivity index (χ1n) is 4.60. The highest BCUT2D eigenvalue weighted by molar-refractivity contribution is 9.10. The molecule has 0 saturated carbocycles. The molecular weight excluding hydrogens is 319 g/mol. The predicted octanol–water partition coefficient (Wildman–Crippen LogP) is 2.46. The first kappa shape index (κ1) is 14.3. The molecule has 2 N–H and O–H groups in total. The lowest BCUT2D eigenvalue weighted by atomic mass is 10.2. The van der Waals surface area contributed by atoms with E-state index in [2.05, 4.69) is 21.2 Å². The molecular formula is C10H9BrClF2NO2. The smallest absolute Gasteiger partial charge is 0.265 e. The molecule has 1 atom stereocenters. The van der Waals surface area contributed by atoms with Crippen molar-refractivity contribution in [3.63, 3.8) is 0 Å². The van der Waals surface area contributed by atoms with Gasteiger partial charge in [-0.2, -0.15) is 0 Å². The maximum Gasteiger partial charge on any atom is 0.265 e. The molecule has 0 aliphatic heterocycles. The van der Waals surface area contributed by atoms with Crippen LogP contribution in [0.15, 0.2) is 22.7 Å². The lowest BCUT2D eigenvalue weighted by Crippen LogP contribution is -2.35. The first-order chi connectivity index (χ1) is 7.90. The minimum atomic E-state index is -2.89. The van der Waals surface area contributed by atoms with E-state index in [1.54, 1.807) is 6.07 Å². The summed E-state index contributed by atoms with van der Waals surface area (Å²) in [6, 6.07) is 4.48. The molecule has 1 unspecified atom stereocenters. The third-order valence-electron chi connectivity index (χ3n) is 1.89. The summed E-state index contributed by atoms with van der Waals surface area (Å²) < 4.78 is 24.6. The fourth-order valence-corrected chi connectivity index (χ4v) is 1.93. The van der Waals surface area contributed by atoms with Gasteiger partial charge in [-0.15, -0.1) is 0 Å². The number of amides is 1. The lowest BCUT2D eigenvalue weighted by molar-refractivity contribution is -0.00270. The van der Waals surface area contributed by atoms with Crippen LogP contribution in [0.5, 0.6) is 0 Å². The van der Waals surface area contributed by atoms with Crippen molar-refractivity contribution >= 4 is 33.4 Å². The second kappa shape index (κ2) is 6.28. The van der Waals surface area contributed by atoms with Crippen molar-refractivity contribution in [2.45, 2.75) is 12.5 Å². The summed E-state index contributed by atoms with van der Waals surface area (Å²) in [5, 5.41) is 11.4. The lowest BCUT2D eigenvalue weighted by Gasteiger charge is -2.11.